The van der Waals surface area contributed by atoms with Gasteiger partial charge in [-0.3, -0.25) is 10.1 Å². The third-order valence-electron chi connectivity index (χ3n) is 2.27. The number of sulfonamides is 1. The second-order valence-corrected chi connectivity index (χ2v) is 6.36. The van der Waals surface area contributed by atoms with E-state index in [4.69, 9.17) is 16.3 Å². The number of ether oxygens (including phenoxy) is 1. The fraction of sp³-hybridized carbons (Fsp3) is 0.455. The first kappa shape index (κ1) is 16.8. The first-order chi connectivity index (χ1) is 9.24. The van der Waals surface area contributed by atoms with Gasteiger partial charge in [0.1, 0.15) is 5.02 Å². The summed E-state index contributed by atoms with van der Waals surface area (Å²) in [6.07, 6.45) is -0.00359. The van der Waals surface area contributed by atoms with Gasteiger partial charge in [-0.1, -0.05) is 11.6 Å². The lowest BCUT2D eigenvalue weighted by Gasteiger charge is -2.09. The van der Waals surface area contributed by atoms with Crippen LogP contribution in [0.15, 0.2) is 23.1 Å². The molecule has 1 aromatic rings. The van der Waals surface area contributed by atoms with E-state index in [9.17, 15) is 18.5 Å². The van der Waals surface area contributed by atoms with Crippen LogP contribution in [0.2, 0.25) is 5.02 Å². The Labute approximate surface area is 122 Å². The summed E-state index contributed by atoms with van der Waals surface area (Å²) in [6, 6.07) is 3.31. The first-order valence-corrected chi connectivity index (χ1v) is 7.65. The van der Waals surface area contributed by atoms with Crippen molar-refractivity contribution >= 4 is 27.3 Å². The summed E-state index contributed by atoms with van der Waals surface area (Å²) in [5.41, 5.74) is -0.451. The molecule has 20 heavy (non-hydrogen) atoms. The molecule has 0 saturated heterocycles. The fourth-order valence-electron chi connectivity index (χ4n) is 1.35. The SMILES string of the molecule is CC(C)OCCNS(=O)(=O)c1ccc(Cl)c([N+](=O)[O-])c1. The van der Waals surface area contributed by atoms with E-state index >= 15 is 0 Å². The molecule has 9 heteroatoms. The lowest BCUT2D eigenvalue weighted by molar-refractivity contribution is -0.384. The molecule has 0 aromatic heterocycles. The van der Waals surface area contributed by atoms with Gasteiger partial charge in [0.05, 0.1) is 22.5 Å². The lowest BCUT2D eigenvalue weighted by atomic mass is 10.3. The smallest absolute Gasteiger partial charge is 0.289 e. The Hall–Kier alpha value is -1.22. The van der Waals surface area contributed by atoms with Crippen molar-refractivity contribution in [3.05, 3.63) is 33.3 Å². The van der Waals surface area contributed by atoms with E-state index in [1.807, 2.05) is 13.8 Å². The number of nitro benzene ring substituents is 1. The van der Waals surface area contributed by atoms with Crippen molar-refractivity contribution < 1.29 is 18.1 Å². The number of halogens is 1. The molecule has 1 N–H and O–H groups in total. The zero-order valence-electron chi connectivity index (χ0n) is 11.0. The van der Waals surface area contributed by atoms with Crippen molar-refractivity contribution in [2.75, 3.05) is 13.2 Å². The van der Waals surface area contributed by atoms with Gasteiger partial charge >= 0.3 is 0 Å². The first-order valence-electron chi connectivity index (χ1n) is 5.79. The monoisotopic (exact) mass is 322 g/mol. The minimum Gasteiger partial charge on any atom is -0.377 e. The quantitative estimate of drug-likeness (QED) is 0.470. The minimum absolute atomic E-state index is 0.00359. The molecule has 0 bridgehead atoms. The van der Waals surface area contributed by atoms with Gasteiger partial charge < -0.3 is 4.74 Å². The van der Waals surface area contributed by atoms with Crippen LogP contribution in [0.4, 0.5) is 5.69 Å². The zero-order valence-corrected chi connectivity index (χ0v) is 12.6. The number of nitrogens with one attached hydrogen (secondary N) is 1. The molecule has 0 unspecified atom stereocenters. The topological polar surface area (TPSA) is 98.5 Å². The summed E-state index contributed by atoms with van der Waals surface area (Å²) in [4.78, 5) is 9.78. The van der Waals surface area contributed by atoms with E-state index in [1.165, 1.54) is 12.1 Å². The second kappa shape index (κ2) is 6.98. The highest BCUT2D eigenvalue weighted by Gasteiger charge is 2.20. The Morgan fingerprint density at radius 3 is 2.65 bits per heavy atom. The minimum atomic E-state index is -3.82. The van der Waals surface area contributed by atoms with E-state index < -0.39 is 20.6 Å². The van der Waals surface area contributed by atoms with Gasteiger partial charge in [-0.05, 0) is 26.0 Å². The number of rotatable bonds is 7. The van der Waals surface area contributed by atoms with Crippen molar-refractivity contribution in [2.45, 2.75) is 24.8 Å². The Bertz CT molecular complexity index is 588. The van der Waals surface area contributed by atoms with Crippen LogP contribution in [0.1, 0.15) is 13.8 Å². The predicted molar refractivity (Wildman–Crippen MR) is 74.4 cm³/mol. The van der Waals surface area contributed by atoms with Crippen LogP contribution in [-0.4, -0.2) is 32.6 Å². The van der Waals surface area contributed by atoms with Crippen LogP contribution >= 0.6 is 11.6 Å². The van der Waals surface area contributed by atoms with E-state index in [2.05, 4.69) is 4.72 Å². The Morgan fingerprint density at radius 2 is 2.10 bits per heavy atom. The maximum atomic E-state index is 11.9. The zero-order chi connectivity index (χ0) is 15.3. The van der Waals surface area contributed by atoms with E-state index in [-0.39, 0.29) is 29.2 Å². The Balaban J connectivity index is 2.82. The molecular weight excluding hydrogens is 308 g/mol. The van der Waals surface area contributed by atoms with Gasteiger partial charge in [0, 0.05) is 12.6 Å². The molecule has 1 aromatic carbocycles. The molecular formula is C11H15ClN2O5S. The predicted octanol–water partition coefficient (Wildman–Crippen LogP) is 1.95. The maximum absolute atomic E-state index is 11.9. The average Bonchev–Trinajstić information content (AvgIpc) is 2.34. The highest BCUT2D eigenvalue weighted by atomic mass is 35.5. The summed E-state index contributed by atoms with van der Waals surface area (Å²) in [7, 11) is -3.82. The number of benzene rings is 1. The van der Waals surface area contributed by atoms with Gasteiger partial charge in [0.25, 0.3) is 5.69 Å². The Kier molecular flexibility index (Phi) is 5.88. The van der Waals surface area contributed by atoms with Crippen LogP contribution in [-0.2, 0) is 14.8 Å². The summed E-state index contributed by atoms with van der Waals surface area (Å²) in [5, 5.41) is 10.6. The van der Waals surface area contributed by atoms with E-state index in [0.29, 0.717) is 0 Å². The molecule has 0 spiro atoms. The molecule has 7 nitrogen and oxygen atoms in total. The highest BCUT2D eigenvalue weighted by molar-refractivity contribution is 7.89. The van der Waals surface area contributed by atoms with Gasteiger partial charge in [0.15, 0.2) is 0 Å². The molecule has 0 aliphatic carbocycles. The second-order valence-electron chi connectivity index (χ2n) is 4.19. The molecule has 0 aliphatic heterocycles. The third kappa shape index (κ3) is 4.71. The molecule has 0 radical (unpaired) electrons. The Morgan fingerprint density at radius 1 is 1.45 bits per heavy atom. The lowest BCUT2D eigenvalue weighted by Crippen LogP contribution is -2.28. The van der Waals surface area contributed by atoms with Gasteiger partial charge in [-0.15, -0.1) is 0 Å². The largest absolute Gasteiger partial charge is 0.377 e. The molecule has 1 rings (SSSR count). The van der Waals surface area contributed by atoms with Crippen LogP contribution in [0, 0.1) is 10.1 Å². The van der Waals surface area contributed by atoms with Crippen molar-refractivity contribution in [3.63, 3.8) is 0 Å². The molecule has 0 fully saturated rings. The maximum Gasteiger partial charge on any atom is 0.289 e. The molecule has 0 atom stereocenters. The van der Waals surface area contributed by atoms with E-state index in [0.717, 1.165) is 6.07 Å². The fourth-order valence-corrected chi connectivity index (χ4v) is 2.57. The number of nitro groups is 1. The van der Waals surface area contributed by atoms with Gasteiger partial charge in [-0.25, -0.2) is 13.1 Å². The van der Waals surface area contributed by atoms with Crippen LogP contribution in [0.25, 0.3) is 0 Å². The van der Waals surface area contributed by atoms with Crippen molar-refractivity contribution in [2.24, 2.45) is 0 Å². The van der Waals surface area contributed by atoms with Crippen molar-refractivity contribution in [1.82, 2.24) is 4.72 Å². The average molecular weight is 323 g/mol. The molecule has 0 aliphatic rings. The standard InChI is InChI=1S/C11H15ClN2O5S/c1-8(2)19-6-5-13-20(17,18)9-3-4-10(12)11(7-9)14(15)16/h3-4,7-8,13H,5-6H2,1-2H3. The van der Waals surface area contributed by atoms with Gasteiger partial charge in [0.2, 0.25) is 10.0 Å². The van der Waals surface area contributed by atoms with Crippen molar-refractivity contribution in [1.29, 1.82) is 0 Å². The summed E-state index contributed by atoms with van der Waals surface area (Å²) in [5.74, 6) is 0. The number of nitrogens with zero attached hydrogens (tertiary/aromatic N) is 1. The number of hydrogen-bond donors (Lipinski definition) is 1. The number of hydrogen-bond acceptors (Lipinski definition) is 5. The van der Waals surface area contributed by atoms with Crippen molar-refractivity contribution in [3.8, 4) is 0 Å². The summed E-state index contributed by atoms with van der Waals surface area (Å²) >= 11 is 5.63. The van der Waals surface area contributed by atoms with E-state index in [1.54, 1.807) is 0 Å². The van der Waals surface area contributed by atoms with Gasteiger partial charge in [-0.2, -0.15) is 0 Å². The highest BCUT2D eigenvalue weighted by Crippen LogP contribution is 2.26. The third-order valence-corrected chi connectivity index (χ3v) is 4.05. The summed E-state index contributed by atoms with van der Waals surface area (Å²) in [6.45, 7) is 3.96. The van der Waals surface area contributed by atoms with Crippen LogP contribution in [0.5, 0.6) is 0 Å². The molecule has 0 heterocycles. The van der Waals surface area contributed by atoms with Crippen LogP contribution < -0.4 is 4.72 Å². The summed E-state index contributed by atoms with van der Waals surface area (Å²) < 4.78 is 31.4. The molecule has 112 valence electrons. The normalized spacial score (nSPS) is 11.8. The molecule has 0 amide bonds. The van der Waals surface area contributed by atoms with Crippen LogP contribution in [0.3, 0.4) is 0 Å². The molecule has 0 saturated carbocycles.